The number of amides is 5. The Morgan fingerprint density at radius 1 is 0.944 bits per heavy atom. The van der Waals surface area contributed by atoms with Crippen molar-refractivity contribution >= 4 is 35.5 Å². The van der Waals surface area contributed by atoms with Crippen LogP contribution in [0.1, 0.15) is 26.7 Å². The van der Waals surface area contributed by atoms with E-state index in [0.29, 0.717) is 12.8 Å². The molecule has 1 aliphatic heterocycles. The van der Waals surface area contributed by atoms with Crippen LogP contribution in [0.3, 0.4) is 0 Å². The van der Waals surface area contributed by atoms with Crippen LogP contribution in [0.15, 0.2) is 0 Å². The Morgan fingerprint density at radius 3 is 2.11 bits per heavy atom. The number of carbonyl (C=O) groups is 6. The fourth-order valence-corrected chi connectivity index (χ4v) is 3.32. The van der Waals surface area contributed by atoms with Crippen molar-refractivity contribution in [3.05, 3.63) is 0 Å². The number of hydrogen-bond donors (Lipinski definition) is 9. The number of aliphatic hydroxyl groups excluding tert-OH is 3. The molecule has 0 aromatic heterocycles. The van der Waals surface area contributed by atoms with Gasteiger partial charge in [-0.25, -0.2) is 4.79 Å². The molecule has 0 bridgehead atoms. The standard InChI is InChI=1S/C20H34N6O10/c1-9(16(31)22-6-14(30)26-5-3-4-13(26)20(35)36)23-19(34)15(10(2)29)25-18(33)12(8-28)24-17(32)11(21)7-27/h9-13,15,27-29H,3-8,21H2,1-2H3,(H,22,31)(H,23,34)(H,24,32)(H,25,33)(H,35,36)/t9-,10+,11-,12-,13-,15-/m0/s1. The Hall–Kier alpha value is -3.34. The molecule has 1 rings (SSSR count). The van der Waals surface area contributed by atoms with Crippen molar-refractivity contribution < 1.29 is 49.2 Å². The second kappa shape index (κ2) is 14.3. The quantitative estimate of drug-likeness (QED) is 0.111. The predicted molar refractivity (Wildman–Crippen MR) is 121 cm³/mol. The summed E-state index contributed by atoms with van der Waals surface area (Å²) in [5.74, 6) is -5.48. The molecule has 0 saturated carbocycles. The minimum absolute atomic E-state index is 0.245. The third-order valence-corrected chi connectivity index (χ3v) is 5.44. The second-order valence-electron chi connectivity index (χ2n) is 8.29. The van der Waals surface area contributed by atoms with Crippen molar-refractivity contribution in [3.8, 4) is 0 Å². The zero-order valence-corrected chi connectivity index (χ0v) is 20.0. The minimum atomic E-state index is -1.59. The van der Waals surface area contributed by atoms with Gasteiger partial charge in [0, 0.05) is 6.54 Å². The van der Waals surface area contributed by atoms with Crippen LogP contribution in [-0.2, 0) is 28.8 Å². The van der Waals surface area contributed by atoms with Gasteiger partial charge in [0.1, 0.15) is 30.2 Å². The number of carbonyl (C=O) groups excluding carboxylic acids is 5. The highest BCUT2D eigenvalue weighted by atomic mass is 16.4. The Labute approximate surface area is 206 Å². The SMILES string of the molecule is C[C@H](NC(=O)[C@@H](NC(=O)[C@H](CO)NC(=O)[C@@H](N)CO)[C@@H](C)O)C(=O)NCC(=O)N1CCC[C@H]1C(=O)O. The number of nitrogens with two attached hydrogens (primary N) is 1. The molecule has 0 aromatic rings. The van der Waals surface area contributed by atoms with E-state index in [1.54, 1.807) is 0 Å². The summed E-state index contributed by atoms with van der Waals surface area (Å²) in [6.07, 6.45) is -0.628. The van der Waals surface area contributed by atoms with E-state index < -0.39 is 91.6 Å². The summed E-state index contributed by atoms with van der Waals surface area (Å²) in [7, 11) is 0. The van der Waals surface area contributed by atoms with Crippen LogP contribution in [0.5, 0.6) is 0 Å². The third-order valence-electron chi connectivity index (χ3n) is 5.44. The fourth-order valence-electron chi connectivity index (χ4n) is 3.32. The van der Waals surface area contributed by atoms with E-state index in [-0.39, 0.29) is 6.54 Å². The van der Waals surface area contributed by atoms with Crippen LogP contribution in [0, 0.1) is 0 Å². The van der Waals surface area contributed by atoms with Gasteiger partial charge in [-0.15, -0.1) is 0 Å². The number of aliphatic hydroxyl groups is 3. The highest BCUT2D eigenvalue weighted by molar-refractivity contribution is 5.95. The first-order valence-electron chi connectivity index (χ1n) is 11.2. The maximum absolute atomic E-state index is 12.6. The molecule has 0 radical (unpaired) electrons. The molecule has 5 amide bonds. The van der Waals surface area contributed by atoms with E-state index in [4.69, 9.17) is 15.9 Å². The van der Waals surface area contributed by atoms with Crippen molar-refractivity contribution in [2.45, 2.75) is 63.0 Å². The van der Waals surface area contributed by atoms with Gasteiger partial charge >= 0.3 is 5.97 Å². The summed E-state index contributed by atoms with van der Waals surface area (Å²) in [4.78, 5) is 73.7. The number of hydrogen-bond acceptors (Lipinski definition) is 10. The van der Waals surface area contributed by atoms with Crippen LogP contribution in [-0.4, -0.2) is 123 Å². The van der Waals surface area contributed by atoms with Gasteiger partial charge in [0.05, 0.1) is 25.9 Å². The lowest BCUT2D eigenvalue weighted by atomic mass is 10.1. The van der Waals surface area contributed by atoms with Crippen LogP contribution in [0.25, 0.3) is 0 Å². The molecule has 1 heterocycles. The molecule has 1 aliphatic rings. The van der Waals surface area contributed by atoms with E-state index in [2.05, 4.69) is 21.3 Å². The number of nitrogens with one attached hydrogen (secondary N) is 4. The number of likely N-dealkylation sites (tertiary alicyclic amines) is 1. The van der Waals surface area contributed by atoms with Crippen LogP contribution in [0.2, 0.25) is 0 Å². The average Bonchev–Trinajstić information content (AvgIpc) is 3.33. The maximum atomic E-state index is 12.6. The van der Waals surface area contributed by atoms with Gasteiger partial charge in [-0.05, 0) is 26.7 Å². The van der Waals surface area contributed by atoms with Crippen molar-refractivity contribution in [1.29, 1.82) is 0 Å². The number of rotatable bonds is 13. The first kappa shape index (κ1) is 30.7. The maximum Gasteiger partial charge on any atom is 0.326 e. The van der Waals surface area contributed by atoms with Crippen molar-refractivity contribution in [2.75, 3.05) is 26.3 Å². The first-order chi connectivity index (χ1) is 16.8. The lowest BCUT2D eigenvalue weighted by Crippen LogP contribution is -2.61. The molecule has 1 saturated heterocycles. The van der Waals surface area contributed by atoms with Crippen molar-refractivity contribution in [3.63, 3.8) is 0 Å². The van der Waals surface area contributed by atoms with E-state index in [0.717, 1.165) is 4.90 Å². The summed E-state index contributed by atoms with van der Waals surface area (Å²) in [6.45, 7) is 0.616. The summed E-state index contributed by atoms with van der Waals surface area (Å²) in [5, 5.41) is 46.2. The molecule has 1 fully saturated rings. The Kier molecular flexibility index (Phi) is 12.2. The third kappa shape index (κ3) is 8.71. The van der Waals surface area contributed by atoms with Crippen molar-refractivity contribution in [2.24, 2.45) is 5.73 Å². The smallest absolute Gasteiger partial charge is 0.326 e. The van der Waals surface area contributed by atoms with Gasteiger partial charge in [-0.3, -0.25) is 24.0 Å². The Morgan fingerprint density at radius 2 is 1.58 bits per heavy atom. The molecule has 0 unspecified atom stereocenters. The lowest BCUT2D eigenvalue weighted by molar-refractivity contribution is -0.148. The number of carboxylic acids is 1. The summed E-state index contributed by atoms with van der Waals surface area (Å²) in [5.41, 5.74) is 5.33. The zero-order valence-electron chi connectivity index (χ0n) is 20.0. The summed E-state index contributed by atoms with van der Waals surface area (Å²) in [6, 6.07) is -6.67. The Bertz CT molecular complexity index is 838. The van der Waals surface area contributed by atoms with Gasteiger partial charge in [0.25, 0.3) is 0 Å². The molecule has 16 nitrogen and oxygen atoms in total. The molecule has 0 aromatic carbocycles. The normalized spacial score (nSPS) is 19.3. The van der Waals surface area contributed by atoms with E-state index in [9.17, 15) is 39.0 Å². The molecule has 6 atom stereocenters. The van der Waals surface area contributed by atoms with Gasteiger partial charge in [0.15, 0.2) is 0 Å². The highest BCUT2D eigenvalue weighted by Crippen LogP contribution is 2.17. The molecule has 36 heavy (non-hydrogen) atoms. The van der Waals surface area contributed by atoms with Crippen LogP contribution in [0.4, 0.5) is 0 Å². The number of nitrogens with zero attached hydrogens (tertiary/aromatic N) is 1. The second-order valence-corrected chi connectivity index (χ2v) is 8.29. The van der Waals surface area contributed by atoms with Gasteiger partial charge in [-0.1, -0.05) is 0 Å². The van der Waals surface area contributed by atoms with E-state index in [1.807, 2.05) is 0 Å². The molecular formula is C20H34N6O10. The van der Waals surface area contributed by atoms with Gasteiger partial charge < -0.3 is 52.3 Å². The lowest BCUT2D eigenvalue weighted by Gasteiger charge is -2.26. The molecule has 0 aliphatic carbocycles. The van der Waals surface area contributed by atoms with E-state index >= 15 is 0 Å². The molecule has 16 heteroatoms. The van der Waals surface area contributed by atoms with Crippen molar-refractivity contribution in [1.82, 2.24) is 26.2 Å². The largest absolute Gasteiger partial charge is 0.480 e. The highest BCUT2D eigenvalue weighted by Gasteiger charge is 2.35. The molecule has 10 N–H and O–H groups in total. The zero-order chi connectivity index (χ0) is 27.6. The first-order valence-corrected chi connectivity index (χ1v) is 11.2. The summed E-state index contributed by atoms with van der Waals surface area (Å²) >= 11 is 0. The van der Waals surface area contributed by atoms with Crippen LogP contribution < -0.4 is 27.0 Å². The van der Waals surface area contributed by atoms with Gasteiger partial charge in [0.2, 0.25) is 29.5 Å². The molecule has 0 spiro atoms. The number of aliphatic carboxylic acids is 1. The fraction of sp³-hybridized carbons (Fsp3) is 0.700. The molecule has 204 valence electrons. The molecular weight excluding hydrogens is 484 g/mol. The predicted octanol–water partition coefficient (Wildman–Crippen LogP) is -5.65. The number of carboxylic acid groups (broad SMARTS) is 1. The Balaban J connectivity index is 2.68. The summed E-state index contributed by atoms with van der Waals surface area (Å²) < 4.78 is 0. The average molecular weight is 519 g/mol. The monoisotopic (exact) mass is 518 g/mol. The van der Waals surface area contributed by atoms with E-state index in [1.165, 1.54) is 13.8 Å². The topological polar surface area (TPSA) is 261 Å². The van der Waals surface area contributed by atoms with Gasteiger partial charge in [-0.2, -0.15) is 0 Å². The minimum Gasteiger partial charge on any atom is -0.480 e. The van der Waals surface area contributed by atoms with Crippen LogP contribution >= 0.6 is 0 Å².